The van der Waals surface area contributed by atoms with Crippen LogP contribution in [0.5, 0.6) is 0 Å². The van der Waals surface area contributed by atoms with Crippen molar-refractivity contribution in [3.8, 4) is 0 Å². The van der Waals surface area contributed by atoms with Crippen LogP contribution in [0.4, 0.5) is 0 Å². The Bertz CT molecular complexity index is 289. The number of rotatable bonds is 2. The van der Waals surface area contributed by atoms with Gasteiger partial charge in [-0.25, -0.2) is 0 Å². The standard InChI is InChI=1S/C16H29NO/c1-12-5-4-7-17(8-6-12)11-15-14(3)9-13(2)10-16(15)18/h12-15H,4-11H2,1-3H3. The fourth-order valence-electron chi connectivity index (χ4n) is 3.76. The number of nitrogens with zero attached hydrogens (tertiary/aromatic N) is 1. The van der Waals surface area contributed by atoms with E-state index in [1.54, 1.807) is 0 Å². The van der Waals surface area contributed by atoms with Crippen LogP contribution in [0.3, 0.4) is 0 Å². The van der Waals surface area contributed by atoms with Crippen molar-refractivity contribution in [2.45, 2.75) is 52.9 Å². The number of carbonyl (C=O) groups is 1. The minimum atomic E-state index is 0.314. The Kier molecular flexibility index (Phi) is 4.83. The van der Waals surface area contributed by atoms with Crippen LogP contribution < -0.4 is 0 Å². The number of carbonyl (C=O) groups excluding carboxylic acids is 1. The third-order valence-electron chi connectivity index (χ3n) is 4.99. The zero-order chi connectivity index (χ0) is 13.1. The lowest BCUT2D eigenvalue weighted by atomic mass is 9.74. The highest BCUT2D eigenvalue weighted by atomic mass is 16.1. The summed E-state index contributed by atoms with van der Waals surface area (Å²) in [6, 6.07) is 0. The summed E-state index contributed by atoms with van der Waals surface area (Å²) in [6.07, 6.45) is 6.04. The maximum absolute atomic E-state index is 12.2. The predicted octanol–water partition coefficient (Wildman–Crippen LogP) is 3.36. The second kappa shape index (κ2) is 6.18. The molecule has 0 aromatic carbocycles. The topological polar surface area (TPSA) is 20.3 Å². The molecule has 1 aliphatic heterocycles. The third-order valence-corrected chi connectivity index (χ3v) is 4.99. The molecular formula is C16H29NO. The van der Waals surface area contributed by atoms with Crippen molar-refractivity contribution in [1.82, 2.24) is 4.90 Å². The van der Waals surface area contributed by atoms with Gasteiger partial charge in [-0.1, -0.05) is 20.8 Å². The maximum Gasteiger partial charge on any atom is 0.137 e. The number of hydrogen-bond donors (Lipinski definition) is 0. The lowest BCUT2D eigenvalue weighted by Crippen LogP contribution is -2.40. The largest absolute Gasteiger partial charge is 0.303 e. The molecule has 0 aromatic rings. The van der Waals surface area contributed by atoms with Gasteiger partial charge in [0.25, 0.3) is 0 Å². The first-order valence-electron chi connectivity index (χ1n) is 7.81. The minimum Gasteiger partial charge on any atom is -0.303 e. The van der Waals surface area contributed by atoms with Gasteiger partial charge < -0.3 is 4.90 Å². The van der Waals surface area contributed by atoms with Crippen LogP contribution in [0.2, 0.25) is 0 Å². The van der Waals surface area contributed by atoms with E-state index in [4.69, 9.17) is 0 Å². The Morgan fingerprint density at radius 3 is 2.61 bits per heavy atom. The van der Waals surface area contributed by atoms with E-state index >= 15 is 0 Å². The number of likely N-dealkylation sites (tertiary alicyclic amines) is 1. The van der Waals surface area contributed by atoms with Crippen molar-refractivity contribution in [2.24, 2.45) is 23.7 Å². The highest BCUT2D eigenvalue weighted by molar-refractivity contribution is 5.82. The molecule has 1 saturated heterocycles. The highest BCUT2D eigenvalue weighted by Crippen LogP contribution is 2.32. The molecule has 0 bridgehead atoms. The van der Waals surface area contributed by atoms with Crippen LogP contribution in [0.25, 0.3) is 0 Å². The molecule has 0 amide bonds. The molecule has 2 heteroatoms. The molecule has 0 radical (unpaired) electrons. The van der Waals surface area contributed by atoms with Crippen molar-refractivity contribution >= 4 is 5.78 Å². The number of hydrogen-bond acceptors (Lipinski definition) is 2. The molecule has 4 unspecified atom stereocenters. The molecular weight excluding hydrogens is 222 g/mol. The lowest BCUT2D eigenvalue weighted by Gasteiger charge is -2.34. The zero-order valence-electron chi connectivity index (χ0n) is 12.3. The van der Waals surface area contributed by atoms with Gasteiger partial charge in [0.2, 0.25) is 0 Å². The van der Waals surface area contributed by atoms with Crippen LogP contribution >= 0.6 is 0 Å². The molecule has 2 rings (SSSR count). The van der Waals surface area contributed by atoms with Gasteiger partial charge >= 0.3 is 0 Å². The normalized spacial score (nSPS) is 39.6. The molecule has 0 N–H and O–H groups in total. The van der Waals surface area contributed by atoms with E-state index in [0.717, 1.165) is 18.9 Å². The Morgan fingerprint density at radius 2 is 1.89 bits per heavy atom. The first-order valence-corrected chi connectivity index (χ1v) is 7.81. The Hall–Kier alpha value is -0.370. The average Bonchev–Trinajstić information content (AvgIpc) is 2.48. The molecule has 1 saturated carbocycles. The van der Waals surface area contributed by atoms with Crippen molar-refractivity contribution < 1.29 is 4.79 Å². The third kappa shape index (κ3) is 3.57. The summed E-state index contributed by atoms with van der Waals surface area (Å²) in [5, 5.41) is 0. The lowest BCUT2D eigenvalue weighted by molar-refractivity contribution is -0.128. The van der Waals surface area contributed by atoms with Gasteiger partial charge in [-0.05, 0) is 56.5 Å². The van der Waals surface area contributed by atoms with Crippen LogP contribution in [0.1, 0.15) is 52.9 Å². The Labute approximate surface area is 112 Å². The molecule has 18 heavy (non-hydrogen) atoms. The molecule has 2 nitrogen and oxygen atoms in total. The number of ketones is 1. The molecule has 2 aliphatic rings. The fourth-order valence-corrected chi connectivity index (χ4v) is 3.76. The van der Waals surface area contributed by atoms with Gasteiger partial charge in [0.1, 0.15) is 5.78 Å². The summed E-state index contributed by atoms with van der Waals surface area (Å²) < 4.78 is 0. The van der Waals surface area contributed by atoms with Crippen molar-refractivity contribution in [1.29, 1.82) is 0 Å². The summed E-state index contributed by atoms with van der Waals surface area (Å²) in [5.74, 6) is 2.90. The van der Waals surface area contributed by atoms with E-state index in [2.05, 4.69) is 25.7 Å². The molecule has 2 fully saturated rings. The Balaban J connectivity index is 1.89. The van der Waals surface area contributed by atoms with Crippen LogP contribution in [0.15, 0.2) is 0 Å². The van der Waals surface area contributed by atoms with Gasteiger partial charge in [-0.3, -0.25) is 4.79 Å². The zero-order valence-corrected chi connectivity index (χ0v) is 12.3. The van der Waals surface area contributed by atoms with E-state index in [-0.39, 0.29) is 0 Å². The second-order valence-corrected chi connectivity index (χ2v) is 6.93. The average molecular weight is 251 g/mol. The summed E-state index contributed by atoms with van der Waals surface area (Å²) in [6.45, 7) is 10.3. The maximum atomic E-state index is 12.2. The first kappa shape index (κ1) is 14.0. The van der Waals surface area contributed by atoms with E-state index in [1.165, 1.54) is 38.8 Å². The van der Waals surface area contributed by atoms with Gasteiger partial charge in [-0.2, -0.15) is 0 Å². The minimum absolute atomic E-state index is 0.314. The van der Waals surface area contributed by atoms with Crippen molar-refractivity contribution in [2.75, 3.05) is 19.6 Å². The van der Waals surface area contributed by atoms with Gasteiger partial charge in [-0.15, -0.1) is 0 Å². The van der Waals surface area contributed by atoms with E-state index in [0.29, 0.717) is 23.5 Å². The van der Waals surface area contributed by atoms with Gasteiger partial charge in [0, 0.05) is 18.9 Å². The van der Waals surface area contributed by atoms with Gasteiger partial charge in [0.05, 0.1) is 0 Å². The van der Waals surface area contributed by atoms with Crippen LogP contribution in [0, 0.1) is 23.7 Å². The van der Waals surface area contributed by atoms with Crippen LogP contribution in [-0.4, -0.2) is 30.3 Å². The monoisotopic (exact) mass is 251 g/mol. The summed E-state index contributed by atoms with van der Waals surface area (Å²) in [7, 11) is 0. The quantitative estimate of drug-likeness (QED) is 0.750. The van der Waals surface area contributed by atoms with E-state index in [9.17, 15) is 4.79 Å². The molecule has 0 aromatic heterocycles. The Morgan fingerprint density at radius 1 is 1.11 bits per heavy atom. The first-order chi connectivity index (χ1) is 8.56. The van der Waals surface area contributed by atoms with E-state index in [1.807, 2.05) is 0 Å². The smallest absolute Gasteiger partial charge is 0.137 e. The molecule has 1 heterocycles. The summed E-state index contributed by atoms with van der Waals surface area (Å²) in [4.78, 5) is 14.8. The van der Waals surface area contributed by atoms with Crippen molar-refractivity contribution in [3.63, 3.8) is 0 Å². The van der Waals surface area contributed by atoms with E-state index < -0.39 is 0 Å². The molecule has 104 valence electrons. The predicted molar refractivity (Wildman–Crippen MR) is 75.5 cm³/mol. The summed E-state index contributed by atoms with van der Waals surface area (Å²) >= 11 is 0. The van der Waals surface area contributed by atoms with Crippen molar-refractivity contribution in [3.05, 3.63) is 0 Å². The second-order valence-electron chi connectivity index (χ2n) is 6.93. The van der Waals surface area contributed by atoms with Gasteiger partial charge in [0.15, 0.2) is 0 Å². The number of Topliss-reactive ketones (excluding diaryl/α,β-unsaturated/α-hetero) is 1. The highest BCUT2D eigenvalue weighted by Gasteiger charge is 2.33. The molecule has 1 aliphatic carbocycles. The summed E-state index contributed by atoms with van der Waals surface area (Å²) in [5.41, 5.74) is 0. The molecule has 4 atom stereocenters. The molecule has 0 spiro atoms. The SMILES string of the molecule is CC1CCCN(CC2C(=O)CC(C)CC2C)CC1. The van der Waals surface area contributed by atoms with Crippen LogP contribution in [-0.2, 0) is 4.79 Å². The fraction of sp³-hybridized carbons (Fsp3) is 0.938.